The number of rotatable bonds is 4. The zero-order valence-electron chi connectivity index (χ0n) is 14.8. The van der Waals surface area contributed by atoms with Crippen LogP contribution in [0.5, 0.6) is 0 Å². The number of fused-ring (bicyclic) bond motifs is 1. The van der Waals surface area contributed by atoms with Gasteiger partial charge in [-0.25, -0.2) is 4.79 Å². The maximum Gasteiger partial charge on any atom is 0.331 e. The number of para-hydroxylation sites is 1. The Hall–Kier alpha value is -1.92. The summed E-state index contributed by atoms with van der Waals surface area (Å²) < 4.78 is 8.37. The second kappa shape index (κ2) is 8.80. The summed E-state index contributed by atoms with van der Waals surface area (Å²) in [6.45, 7) is 10.8. The van der Waals surface area contributed by atoms with E-state index in [9.17, 15) is 9.59 Å². The summed E-state index contributed by atoms with van der Waals surface area (Å²) in [6.07, 6.45) is 0. The van der Waals surface area contributed by atoms with E-state index in [1.165, 1.54) is 4.57 Å². The lowest BCUT2D eigenvalue weighted by molar-refractivity contribution is 0.0363. The lowest BCUT2D eigenvalue weighted by Crippen LogP contribution is -2.43. The standard InChI is InChI=1S/C16H21N3O3.C2H6/c1-2-18-15(20)13-5-3-4-6-14(13)19(16(18)21)8-7-17-9-11-22-12-10-17;1-2/h3-6H,2,7-12H2,1H3;1-2H3. The van der Waals surface area contributed by atoms with Gasteiger partial charge in [0.2, 0.25) is 0 Å². The minimum Gasteiger partial charge on any atom is -0.379 e. The van der Waals surface area contributed by atoms with Crippen LogP contribution in [0, 0.1) is 0 Å². The van der Waals surface area contributed by atoms with Crippen LogP contribution >= 0.6 is 0 Å². The first-order chi connectivity index (χ1) is 11.7. The topological polar surface area (TPSA) is 56.5 Å². The summed E-state index contributed by atoms with van der Waals surface area (Å²) in [6, 6.07) is 7.33. The monoisotopic (exact) mass is 333 g/mol. The Morgan fingerprint density at radius 1 is 1.00 bits per heavy atom. The molecule has 24 heavy (non-hydrogen) atoms. The first kappa shape index (κ1) is 18.4. The van der Waals surface area contributed by atoms with E-state index in [1.807, 2.05) is 39.0 Å². The van der Waals surface area contributed by atoms with E-state index in [1.54, 1.807) is 10.6 Å². The highest BCUT2D eigenvalue weighted by Crippen LogP contribution is 2.08. The van der Waals surface area contributed by atoms with Gasteiger partial charge in [-0.15, -0.1) is 0 Å². The highest BCUT2D eigenvalue weighted by atomic mass is 16.5. The zero-order chi connectivity index (χ0) is 17.5. The number of hydrogen-bond donors (Lipinski definition) is 0. The van der Waals surface area contributed by atoms with Gasteiger partial charge in [0.15, 0.2) is 0 Å². The predicted octanol–water partition coefficient (Wildman–Crippen LogP) is 1.54. The summed E-state index contributed by atoms with van der Waals surface area (Å²) in [5.41, 5.74) is 0.292. The van der Waals surface area contributed by atoms with Crippen molar-refractivity contribution in [2.24, 2.45) is 0 Å². The Morgan fingerprint density at radius 3 is 2.33 bits per heavy atom. The molecule has 2 aromatic rings. The molecule has 1 aliphatic rings. The van der Waals surface area contributed by atoms with Crippen LogP contribution < -0.4 is 11.2 Å². The Morgan fingerprint density at radius 2 is 1.67 bits per heavy atom. The van der Waals surface area contributed by atoms with Gasteiger partial charge in [0.1, 0.15) is 0 Å². The molecule has 0 N–H and O–H groups in total. The number of nitrogens with zero attached hydrogens (tertiary/aromatic N) is 3. The van der Waals surface area contributed by atoms with E-state index >= 15 is 0 Å². The third-order valence-electron chi connectivity index (χ3n) is 4.19. The number of aromatic nitrogens is 2. The van der Waals surface area contributed by atoms with Gasteiger partial charge in [0.05, 0.1) is 24.1 Å². The van der Waals surface area contributed by atoms with Crippen LogP contribution in [0.15, 0.2) is 33.9 Å². The van der Waals surface area contributed by atoms with Gasteiger partial charge in [0.25, 0.3) is 5.56 Å². The molecule has 0 unspecified atom stereocenters. The summed E-state index contributed by atoms with van der Waals surface area (Å²) in [7, 11) is 0. The first-order valence-electron chi connectivity index (χ1n) is 8.75. The normalized spacial score (nSPS) is 15.1. The first-order valence-corrected chi connectivity index (χ1v) is 8.75. The highest BCUT2D eigenvalue weighted by molar-refractivity contribution is 5.77. The molecule has 6 heteroatoms. The van der Waals surface area contributed by atoms with Crippen molar-refractivity contribution in [3.05, 3.63) is 45.1 Å². The van der Waals surface area contributed by atoms with E-state index in [0.29, 0.717) is 18.5 Å². The second-order valence-corrected chi connectivity index (χ2v) is 5.45. The van der Waals surface area contributed by atoms with E-state index in [-0.39, 0.29) is 11.2 Å². The second-order valence-electron chi connectivity index (χ2n) is 5.45. The van der Waals surface area contributed by atoms with Crippen LogP contribution in [0.4, 0.5) is 0 Å². The fraction of sp³-hybridized carbons (Fsp3) is 0.556. The van der Waals surface area contributed by atoms with Gasteiger partial charge in [-0.1, -0.05) is 26.0 Å². The lowest BCUT2D eigenvalue weighted by atomic mass is 10.2. The molecule has 0 spiro atoms. The van der Waals surface area contributed by atoms with Crippen molar-refractivity contribution in [3.8, 4) is 0 Å². The highest BCUT2D eigenvalue weighted by Gasteiger charge is 2.14. The van der Waals surface area contributed by atoms with Crippen LogP contribution in [0.1, 0.15) is 20.8 Å². The van der Waals surface area contributed by atoms with E-state index < -0.39 is 0 Å². The zero-order valence-corrected chi connectivity index (χ0v) is 14.8. The molecule has 0 saturated carbocycles. The molecular weight excluding hydrogens is 306 g/mol. The fourth-order valence-corrected chi connectivity index (χ4v) is 2.93. The van der Waals surface area contributed by atoms with Crippen molar-refractivity contribution in [1.29, 1.82) is 0 Å². The maximum atomic E-state index is 12.6. The molecule has 0 aliphatic carbocycles. The maximum absolute atomic E-state index is 12.6. The molecule has 2 heterocycles. The molecule has 0 amide bonds. The molecule has 1 aromatic heterocycles. The average molecular weight is 333 g/mol. The summed E-state index contributed by atoms with van der Waals surface area (Å²) in [5, 5.41) is 0.603. The molecule has 1 saturated heterocycles. The van der Waals surface area contributed by atoms with Gasteiger partial charge < -0.3 is 4.74 Å². The Labute approximate surface area is 142 Å². The van der Waals surface area contributed by atoms with Gasteiger partial charge in [-0.3, -0.25) is 18.8 Å². The summed E-state index contributed by atoms with van der Waals surface area (Å²) in [4.78, 5) is 27.2. The van der Waals surface area contributed by atoms with Crippen LogP contribution in [0.2, 0.25) is 0 Å². The number of morpholine rings is 1. The Balaban J connectivity index is 0.00000100. The van der Waals surface area contributed by atoms with E-state index in [4.69, 9.17) is 4.74 Å². The van der Waals surface area contributed by atoms with Crippen molar-refractivity contribution in [2.75, 3.05) is 32.8 Å². The van der Waals surface area contributed by atoms with Gasteiger partial charge in [0, 0.05) is 32.7 Å². The largest absolute Gasteiger partial charge is 0.379 e. The number of benzene rings is 1. The van der Waals surface area contributed by atoms with Gasteiger partial charge in [-0.05, 0) is 19.1 Å². The van der Waals surface area contributed by atoms with Crippen LogP contribution in [-0.2, 0) is 17.8 Å². The van der Waals surface area contributed by atoms with Crippen LogP contribution in [-0.4, -0.2) is 46.9 Å². The quantitative estimate of drug-likeness (QED) is 0.852. The Bertz CT molecular complexity index is 773. The van der Waals surface area contributed by atoms with Crippen LogP contribution in [0.25, 0.3) is 10.9 Å². The predicted molar refractivity (Wildman–Crippen MR) is 96.7 cm³/mol. The van der Waals surface area contributed by atoms with Crippen LogP contribution in [0.3, 0.4) is 0 Å². The van der Waals surface area contributed by atoms with Crippen molar-refractivity contribution >= 4 is 10.9 Å². The molecule has 132 valence electrons. The van der Waals surface area contributed by atoms with Crippen molar-refractivity contribution in [3.63, 3.8) is 0 Å². The average Bonchev–Trinajstić information content (AvgIpc) is 2.64. The van der Waals surface area contributed by atoms with Gasteiger partial charge >= 0.3 is 5.69 Å². The molecule has 0 bridgehead atoms. The Kier molecular flexibility index (Phi) is 6.75. The third kappa shape index (κ3) is 3.76. The van der Waals surface area contributed by atoms with Crippen molar-refractivity contribution in [1.82, 2.24) is 14.0 Å². The SMILES string of the molecule is CC.CCn1c(=O)c2ccccc2n(CCN2CCOCC2)c1=O. The lowest BCUT2D eigenvalue weighted by Gasteiger charge is -2.27. The third-order valence-corrected chi connectivity index (χ3v) is 4.19. The van der Waals surface area contributed by atoms with Crippen molar-refractivity contribution < 1.29 is 4.74 Å². The van der Waals surface area contributed by atoms with E-state index in [0.717, 1.165) is 38.4 Å². The summed E-state index contributed by atoms with van der Waals surface area (Å²) in [5.74, 6) is 0. The number of ether oxygens (including phenoxy) is 1. The fourth-order valence-electron chi connectivity index (χ4n) is 2.93. The molecule has 1 aromatic carbocycles. The van der Waals surface area contributed by atoms with Crippen molar-refractivity contribution in [2.45, 2.75) is 33.9 Å². The minimum atomic E-state index is -0.223. The molecule has 0 radical (unpaired) electrons. The smallest absolute Gasteiger partial charge is 0.331 e. The van der Waals surface area contributed by atoms with E-state index in [2.05, 4.69) is 4.90 Å². The molecular formula is C18H27N3O3. The summed E-state index contributed by atoms with van der Waals surface area (Å²) >= 11 is 0. The minimum absolute atomic E-state index is 0.203. The molecule has 6 nitrogen and oxygen atoms in total. The molecule has 0 atom stereocenters. The molecule has 1 fully saturated rings. The number of hydrogen-bond acceptors (Lipinski definition) is 4. The molecule has 3 rings (SSSR count). The molecule has 1 aliphatic heterocycles. The van der Waals surface area contributed by atoms with Gasteiger partial charge in [-0.2, -0.15) is 0 Å².